The summed E-state index contributed by atoms with van der Waals surface area (Å²) in [7, 11) is 0. The van der Waals surface area contributed by atoms with Crippen molar-refractivity contribution in [1.29, 1.82) is 0 Å². The van der Waals surface area contributed by atoms with Crippen molar-refractivity contribution in [1.82, 2.24) is 4.90 Å². The Labute approximate surface area is 153 Å². The molecule has 1 atom stereocenters. The van der Waals surface area contributed by atoms with Gasteiger partial charge in [0.1, 0.15) is 10.4 Å². The minimum atomic E-state index is -1.03. The van der Waals surface area contributed by atoms with E-state index in [1.807, 2.05) is 38.1 Å². The quantitative estimate of drug-likeness (QED) is 0.580. The van der Waals surface area contributed by atoms with Crippen molar-refractivity contribution >= 4 is 62.2 Å². The van der Waals surface area contributed by atoms with Crippen molar-refractivity contribution in [3.63, 3.8) is 0 Å². The van der Waals surface area contributed by atoms with Gasteiger partial charge in [0.05, 0.1) is 4.91 Å². The lowest BCUT2D eigenvalue weighted by Crippen LogP contribution is -2.44. The highest BCUT2D eigenvalue weighted by Crippen LogP contribution is 2.35. The zero-order valence-electron chi connectivity index (χ0n) is 12.7. The highest BCUT2D eigenvalue weighted by atomic mass is 79.9. The van der Waals surface area contributed by atoms with E-state index in [1.165, 1.54) is 4.90 Å². The van der Waals surface area contributed by atoms with E-state index < -0.39 is 12.0 Å². The average Bonchev–Trinajstić information content (AvgIpc) is 2.73. The molecule has 1 N–H and O–H groups in total. The number of halogens is 1. The first kappa shape index (κ1) is 18.2. The predicted octanol–water partition coefficient (Wildman–Crippen LogP) is 4.15. The van der Waals surface area contributed by atoms with Gasteiger partial charge in [-0.05, 0) is 36.1 Å². The van der Waals surface area contributed by atoms with Crippen molar-refractivity contribution in [3.05, 3.63) is 39.2 Å². The number of aliphatic carboxylic acids is 1. The van der Waals surface area contributed by atoms with Crippen LogP contribution in [0.25, 0.3) is 6.08 Å². The summed E-state index contributed by atoms with van der Waals surface area (Å²) in [4.78, 5) is 25.8. The molecule has 0 unspecified atom stereocenters. The van der Waals surface area contributed by atoms with E-state index in [1.54, 1.807) is 6.08 Å². The molecule has 0 aromatic heterocycles. The Morgan fingerprint density at radius 3 is 2.52 bits per heavy atom. The first-order valence-electron chi connectivity index (χ1n) is 7.05. The average molecular weight is 414 g/mol. The van der Waals surface area contributed by atoms with Crippen LogP contribution in [0, 0.1) is 5.92 Å². The molecule has 23 heavy (non-hydrogen) atoms. The van der Waals surface area contributed by atoms with Crippen LogP contribution in [0.1, 0.15) is 25.8 Å². The molecule has 0 saturated carbocycles. The Morgan fingerprint density at radius 2 is 2.00 bits per heavy atom. The van der Waals surface area contributed by atoms with Gasteiger partial charge in [0.25, 0.3) is 5.91 Å². The normalized spacial score (nSPS) is 18.1. The van der Waals surface area contributed by atoms with E-state index in [0.29, 0.717) is 15.6 Å². The minimum Gasteiger partial charge on any atom is -0.480 e. The van der Waals surface area contributed by atoms with E-state index in [4.69, 9.17) is 12.2 Å². The van der Waals surface area contributed by atoms with Crippen LogP contribution < -0.4 is 0 Å². The summed E-state index contributed by atoms with van der Waals surface area (Å²) in [5, 5.41) is 9.44. The number of hydrogen-bond donors (Lipinski definition) is 1. The van der Waals surface area contributed by atoms with Gasteiger partial charge < -0.3 is 5.11 Å². The van der Waals surface area contributed by atoms with E-state index in [2.05, 4.69) is 15.9 Å². The molecule has 1 saturated heterocycles. The molecule has 7 heteroatoms. The van der Waals surface area contributed by atoms with Crippen LogP contribution >= 0.6 is 39.9 Å². The SMILES string of the molecule is CC(C)C[C@H](C(=O)O)N1C(=O)/C(=C/c2ccc(Br)cc2)SC1=S. The molecule has 1 aromatic carbocycles. The monoisotopic (exact) mass is 413 g/mol. The molecular formula is C16H16BrNO3S2. The van der Waals surface area contributed by atoms with Crippen LogP contribution in [0.4, 0.5) is 0 Å². The summed E-state index contributed by atoms with van der Waals surface area (Å²) in [5.41, 5.74) is 0.865. The zero-order valence-corrected chi connectivity index (χ0v) is 15.9. The third-order valence-corrected chi connectivity index (χ3v) is 5.14. The Morgan fingerprint density at radius 1 is 1.39 bits per heavy atom. The Balaban J connectivity index is 2.28. The van der Waals surface area contributed by atoms with E-state index in [0.717, 1.165) is 21.8 Å². The fourth-order valence-corrected chi connectivity index (χ4v) is 3.84. The molecule has 1 aliphatic heterocycles. The molecule has 122 valence electrons. The molecule has 0 radical (unpaired) electrons. The molecule has 1 heterocycles. The third kappa shape index (κ3) is 4.43. The van der Waals surface area contributed by atoms with Crippen molar-refractivity contribution in [3.8, 4) is 0 Å². The number of rotatable bonds is 5. The summed E-state index contributed by atoms with van der Waals surface area (Å²) in [5.74, 6) is -1.22. The van der Waals surface area contributed by atoms with Gasteiger partial charge in [0, 0.05) is 4.47 Å². The number of nitrogens with zero attached hydrogens (tertiary/aromatic N) is 1. The first-order chi connectivity index (χ1) is 10.8. The van der Waals surface area contributed by atoms with Gasteiger partial charge in [0.2, 0.25) is 0 Å². The van der Waals surface area contributed by atoms with Crippen LogP contribution in [0.3, 0.4) is 0 Å². The minimum absolute atomic E-state index is 0.149. The molecule has 0 bridgehead atoms. The van der Waals surface area contributed by atoms with Crippen LogP contribution in [-0.4, -0.2) is 32.2 Å². The number of carbonyl (C=O) groups is 2. The maximum atomic E-state index is 12.6. The predicted molar refractivity (Wildman–Crippen MR) is 100 cm³/mol. The molecular weight excluding hydrogens is 398 g/mol. The second kappa shape index (κ2) is 7.59. The van der Waals surface area contributed by atoms with Crippen LogP contribution in [0.15, 0.2) is 33.6 Å². The Bertz CT molecular complexity index is 670. The number of carboxylic acids is 1. The van der Waals surface area contributed by atoms with Crippen molar-refractivity contribution in [2.45, 2.75) is 26.3 Å². The molecule has 1 amide bonds. The van der Waals surface area contributed by atoms with Gasteiger partial charge in [-0.1, -0.05) is 65.9 Å². The molecule has 1 fully saturated rings. The van der Waals surface area contributed by atoms with Gasteiger partial charge in [-0.3, -0.25) is 9.69 Å². The van der Waals surface area contributed by atoms with Gasteiger partial charge in [0.15, 0.2) is 0 Å². The topological polar surface area (TPSA) is 57.6 Å². The van der Waals surface area contributed by atoms with E-state index >= 15 is 0 Å². The molecule has 4 nitrogen and oxygen atoms in total. The zero-order chi connectivity index (χ0) is 17.1. The van der Waals surface area contributed by atoms with Gasteiger partial charge in [-0.25, -0.2) is 4.79 Å². The highest BCUT2D eigenvalue weighted by Gasteiger charge is 2.40. The fraction of sp³-hybridized carbons (Fsp3) is 0.312. The van der Waals surface area contributed by atoms with Crippen molar-refractivity contribution in [2.75, 3.05) is 0 Å². The summed E-state index contributed by atoms with van der Waals surface area (Å²) in [6, 6.07) is 6.59. The third-order valence-electron chi connectivity index (χ3n) is 3.28. The number of carbonyl (C=O) groups excluding carboxylic acids is 1. The molecule has 0 aliphatic carbocycles. The van der Waals surface area contributed by atoms with Crippen molar-refractivity contribution < 1.29 is 14.7 Å². The largest absolute Gasteiger partial charge is 0.480 e. The number of thioether (sulfide) groups is 1. The fourth-order valence-electron chi connectivity index (χ4n) is 2.22. The van der Waals surface area contributed by atoms with E-state index in [9.17, 15) is 14.7 Å². The first-order valence-corrected chi connectivity index (χ1v) is 9.06. The summed E-state index contributed by atoms with van der Waals surface area (Å²) >= 11 is 9.74. The van der Waals surface area contributed by atoms with Gasteiger partial charge in [-0.2, -0.15) is 0 Å². The summed E-state index contributed by atoms with van der Waals surface area (Å²) in [6.07, 6.45) is 2.10. The Kier molecular flexibility index (Phi) is 6.00. The maximum Gasteiger partial charge on any atom is 0.326 e. The highest BCUT2D eigenvalue weighted by molar-refractivity contribution is 9.10. The summed E-state index contributed by atoms with van der Waals surface area (Å²) in [6.45, 7) is 3.84. The molecule has 1 aromatic rings. The van der Waals surface area contributed by atoms with Crippen molar-refractivity contribution in [2.24, 2.45) is 5.92 Å². The lowest BCUT2D eigenvalue weighted by atomic mass is 10.0. The number of thiocarbonyl (C=S) groups is 1. The summed E-state index contributed by atoms with van der Waals surface area (Å²) < 4.78 is 1.25. The number of carboxylic acid groups (broad SMARTS) is 1. The molecule has 2 rings (SSSR count). The number of amides is 1. The Hall–Kier alpha value is -1.18. The van der Waals surface area contributed by atoms with Crippen LogP contribution in [-0.2, 0) is 9.59 Å². The standard InChI is InChI=1S/C16H16BrNO3S2/c1-9(2)7-12(15(20)21)18-14(19)13(23-16(18)22)8-10-3-5-11(17)6-4-10/h3-6,8-9,12H,7H2,1-2H3,(H,20,21)/b13-8-/t12-/m1/s1. The van der Waals surface area contributed by atoms with Gasteiger partial charge in [-0.15, -0.1) is 0 Å². The van der Waals surface area contributed by atoms with Crippen LogP contribution in [0.2, 0.25) is 0 Å². The lowest BCUT2D eigenvalue weighted by Gasteiger charge is -2.24. The lowest BCUT2D eigenvalue weighted by molar-refractivity contribution is -0.145. The van der Waals surface area contributed by atoms with Gasteiger partial charge >= 0.3 is 5.97 Å². The van der Waals surface area contributed by atoms with Crippen LogP contribution in [0.5, 0.6) is 0 Å². The molecule has 1 aliphatic rings. The molecule has 0 spiro atoms. The number of benzene rings is 1. The smallest absolute Gasteiger partial charge is 0.326 e. The van der Waals surface area contributed by atoms with E-state index in [-0.39, 0.29) is 11.8 Å². The second-order valence-electron chi connectivity index (χ2n) is 5.59. The second-order valence-corrected chi connectivity index (χ2v) is 8.18. The number of hydrogen-bond acceptors (Lipinski definition) is 4. The maximum absolute atomic E-state index is 12.6.